The highest BCUT2D eigenvalue weighted by Gasteiger charge is 2.27. The Morgan fingerprint density at radius 1 is 1.16 bits per heavy atom. The van der Waals surface area contributed by atoms with Gasteiger partial charge in [0.2, 0.25) is 0 Å². The lowest BCUT2D eigenvalue weighted by Gasteiger charge is -2.30. The Bertz CT molecular complexity index is 1060. The van der Waals surface area contributed by atoms with Gasteiger partial charge in [-0.2, -0.15) is 10.2 Å². The van der Waals surface area contributed by atoms with Gasteiger partial charge >= 0.3 is 0 Å². The van der Waals surface area contributed by atoms with E-state index < -0.39 is 0 Å². The first kappa shape index (κ1) is 21.5. The van der Waals surface area contributed by atoms with E-state index in [4.69, 9.17) is 0 Å². The molecule has 0 atom stereocenters. The molecule has 1 amide bonds. The minimum Gasteiger partial charge on any atom is -0.348 e. The minimum absolute atomic E-state index is 0.0926. The molecule has 31 heavy (non-hydrogen) atoms. The predicted molar refractivity (Wildman–Crippen MR) is 121 cm³/mol. The number of fused-ring (bicyclic) bond motifs is 1. The summed E-state index contributed by atoms with van der Waals surface area (Å²) in [6.07, 6.45) is 7.64. The molecule has 0 unspecified atom stereocenters. The first-order valence-corrected chi connectivity index (χ1v) is 11.3. The van der Waals surface area contributed by atoms with Gasteiger partial charge in [-0.1, -0.05) is 27.7 Å². The molecule has 0 bridgehead atoms. The molecule has 1 aliphatic rings. The quantitative estimate of drug-likeness (QED) is 0.563. The summed E-state index contributed by atoms with van der Waals surface area (Å²) in [5.74, 6) is 0.0530. The van der Waals surface area contributed by atoms with Crippen molar-refractivity contribution in [1.82, 2.24) is 35.4 Å². The second-order valence-electron chi connectivity index (χ2n) is 9.30. The Morgan fingerprint density at radius 2 is 1.87 bits per heavy atom. The van der Waals surface area contributed by atoms with Crippen molar-refractivity contribution in [1.29, 1.82) is 0 Å². The number of carbonyl (C=O) groups excluding carboxylic acids is 1. The summed E-state index contributed by atoms with van der Waals surface area (Å²) < 4.78 is 1.76. The number of hydrogen-bond donors (Lipinski definition) is 3. The van der Waals surface area contributed by atoms with Gasteiger partial charge in [0, 0.05) is 35.4 Å². The van der Waals surface area contributed by atoms with E-state index in [1.165, 1.54) is 0 Å². The largest absolute Gasteiger partial charge is 0.348 e. The van der Waals surface area contributed by atoms with Crippen LogP contribution >= 0.6 is 0 Å². The van der Waals surface area contributed by atoms with Crippen LogP contribution in [0.5, 0.6) is 0 Å². The molecular weight excluding hydrogens is 390 g/mol. The maximum atomic E-state index is 13.1. The highest BCUT2D eigenvalue weighted by atomic mass is 16.2. The van der Waals surface area contributed by atoms with Crippen LogP contribution in [0, 0.1) is 6.92 Å². The van der Waals surface area contributed by atoms with E-state index in [2.05, 4.69) is 64.7 Å². The number of aromatic nitrogens is 5. The van der Waals surface area contributed by atoms with Crippen LogP contribution in [0.3, 0.4) is 0 Å². The number of H-pyrrole nitrogens is 1. The normalized spacial score (nSPS) is 19.5. The minimum atomic E-state index is -0.0926. The fourth-order valence-corrected chi connectivity index (χ4v) is 4.67. The van der Waals surface area contributed by atoms with Crippen molar-refractivity contribution in [3.05, 3.63) is 35.4 Å². The Hall–Kier alpha value is -2.74. The second-order valence-corrected chi connectivity index (χ2v) is 9.30. The molecule has 8 heteroatoms. The van der Waals surface area contributed by atoms with Crippen LogP contribution in [0.4, 0.5) is 0 Å². The molecule has 1 fully saturated rings. The maximum absolute atomic E-state index is 13.1. The van der Waals surface area contributed by atoms with E-state index in [0.29, 0.717) is 17.8 Å². The Morgan fingerprint density at radius 3 is 2.55 bits per heavy atom. The van der Waals surface area contributed by atoms with Crippen LogP contribution in [0.15, 0.2) is 18.6 Å². The van der Waals surface area contributed by atoms with E-state index in [1.54, 1.807) is 10.8 Å². The number of rotatable bonds is 6. The van der Waals surface area contributed by atoms with Crippen molar-refractivity contribution in [3.63, 3.8) is 0 Å². The molecule has 166 valence electrons. The molecule has 0 radical (unpaired) electrons. The Balaban J connectivity index is 1.54. The van der Waals surface area contributed by atoms with E-state index in [-0.39, 0.29) is 17.9 Å². The third-order valence-corrected chi connectivity index (χ3v) is 6.08. The smallest absolute Gasteiger partial charge is 0.272 e. The van der Waals surface area contributed by atoms with E-state index in [9.17, 15) is 4.79 Å². The van der Waals surface area contributed by atoms with Crippen molar-refractivity contribution < 1.29 is 4.79 Å². The summed E-state index contributed by atoms with van der Waals surface area (Å²) in [6.45, 7) is 10.6. The molecular formula is C23H33N7O. The Labute approximate surface area is 183 Å². The average molecular weight is 424 g/mol. The lowest BCUT2D eigenvalue weighted by Crippen LogP contribution is -2.44. The third kappa shape index (κ3) is 4.49. The summed E-state index contributed by atoms with van der Waals surface area (Å²) in [5, 5.41) is 18.7. The molecule has 3 aromatic rings. The standard InChI is InChI=1S/C23H33N7O/c1-13(2)19-20(16-10-15(5)22-24-12-25-30(22)11-16)28-29-21(19)23(31)27-18-8-6-17(7-9-18)26-14(3)4/h10-14,17-18,26H,6-9H2,1-5H3,(H,27,31)(H,28,29)/t17-,18+. The number of nitrogens with one attached hydrogen (secondary N) is 3. The highest BCUT2D eigenvalue weighted by Crippen LogP contribution is 2.31. The van der Waals surface area contributed by atoms with Crippen molar-refractivity contribution in [2.45, 2.75) is 84.3 Å². The molecule has 3 N–H and O–H groups in total. The fraction of sp³-hybridized carbons (Fsp3) is 0.565. The van der Waals surface area contributed by atoms with Gasteiger partial charge in [-0.05, 0) is 50.2 Å². The van der Waals surface area contributed by atoms with Crippen LogP contribution in [0.25, 0.3) is 16.9 Å². The van der Waals surface area contributed by atoms with Crippen molar-refractivity contribution in [2.75, 3.05) is 0 Å². The monoisotopic (exact) mass is 423 g/mol. The molecule has 1 aliphatic carbocycles. The fourth-order valence-electron chi connectivity index (χ4n) is 4.67. The first-order chi connectivity index (χ1) is 14.8. The number of amides is 1. The van der Waals surface area contributed by atoms with Gasteiger partial charge in [0.05, 0.1) is 5.69 Å². The van der Waals surface area contributed by atoms with Gasteiger partial charge < -0.3 is 10.6 Å². The number of aromatic amines is 1. The van der Waals surface area contributed by atoms with Gasteiger partial charge in [0.25, 0.3) is 5.91 Å². The third-order valence-electron chi connectivity index (χ3n) is 6.08. The summed E-state index contributed by atoms with van der Waals surface area (Å²) in [5.41, 5.74) is 5.10. The molecule has 0 saturated heterocycles. The summed E-state index contributed by atoms with van der Waals surface area (Å²) in [7, 11) is 0. The van der Waals surface area contributed by atoms with Crippen LogP contribution in [0.1, 0.15) is 80.9 Å². The molecule has 8 nitrogen and oxygen atoms in total. The molecule has 1 saturated carbocycles. The molecule has 3 aromatic heterocycles. The maximum Gasteiger partial charge on any atom is 0.272 e. The van der Waals surface area contributed by atoms with Crippen molar-refractivity contribution in [2.24, 2.45) is 0 Å². The van der Waals surface area contributed by atoms with Crippen molar-refractivity contribution >= 4 is 11.6 Å². The Kier molecular flexibility index (Phi) is 6.09. The zero-order chi connectivity index (χ0) is 22.1. The lowest BCUT2D eigenvalue weighted by molar-refractivity contribution is 0.0917. The zero-order valence-electron chi connectivity index (χ0n) is 19.1. The zero-order valence-corrected chi connectivity index (χ0v) is 19.1. The van der Waals surface area contributed by atoms with Gasteiger partial charge in [0.1, 0.15) is 6.33 Å². The number of nitrogens with zero attached hydrogens (tertiary/aromatic N) is 4. The molecule has 0 aliphatic heterocycles. The summed E-state index contributed by atoms with van der Waals surface area (Å²) in [6, 6.07) is 3.30. The van der Waals surface area contributed by atoms with E-state index in [0.717, 1.165) is 53.7 Å². The van der Waals surface area contributed by atoms with Gasteiger partial charge in [-0.15, -0.1) is 0 Å². The van der Waals surface area contributed by atoms with Gasteiger partial charge in [0.15, 0.2) is 11.3 Å². The predicted octanol–water partition coefficient (Wildman–Crippen LogP) is 3.59. The average Bonchev–Trinajstić information content (AvgIpc) is 3.36. The van der Waals surface area contributed by atoms with Crippen LogP contribution < -0.4 is 10.6 Å². The summed E-state index contributed by atoms with van der Waals surface area (Å²) >= 11 is 0. The van der Waals surface area contributed by atoms with Crippen LogP contribution in [0.2, 0.25) is 0 Å². The van der Waals surface area contributed by atoms with Crippen LogP contribution in [-0.2, 0) is 0 Å². The van der Waals surface area contributed by atoms with Crippen LogP contribution in [-0.4, -0.2) is 48.8 Å². The van der Waals surface area contributed by atoms with Gasteiger partial charge in [-0.3, -0.25) is 9.89 Å². The summed E-state index contributed by atoms with van der Waals surface area (Å²) in [4.78, 5) is 17.4. The number of pyridine rings is 1. The number of aryl methyl sites for hydroxylation is 1. The van der Waals surface area contributed by atoms with E-state index >= 15 is 0 Å². The molecule has 0 aromatic carbocycles. The number of hydrogen-bond acceptors (Lipinski definition) is 5. The first-order valence-electron chi connectivity index (χ1n) is 11.3. The lowest BCUT2D eigenvalue weighted by atomic mass is 9.90. The SMILES string of the molecule is Cc1cc(-c2[nH]nc(C(=O)N[C@H]3CC[C@@H](NC(C)C)CC3)c2C(C)C)cn2ncnc12. The molecule has 0 spiro atoms. The van der Waals surface area contributed by atoms with E-state index in [1.807, 2.05) is 13.1 Å². The highest BCUT2D eigenvalue weighted by molar-refractivity contribution is 5.96. The molecule has 4 rings (SSSR count). The number of carbonyl (C=O) groups is 1. The van der Waals surface area contributed by atoms with Gasteiger partial charge in [-0.25, -0.2) is 9.50 Å². The second kappa shape index (κ2) is 8.78. The van der Waals surface area contributed by atoms with Crippen molar-refractivity contribution in [3.8, 4) is 11.3 Å². The molecule has 3 heterocycles. The topological polar surface area (TPSA) is 100 Å².